The molecule has 0 N–H and O–H groups in total. The lowest BCUT2D eigenvalue weighted by Gasteiger charge is -2.32. The topological polar surface area (TPSA) is 35.5 Å². The van der Waals surface area contributed by atoms with Crippen LogP contribution in [0, 0.1) is 5.41 Å². The highest BCUT2D eigenvalue weighted by Crippen LogP contribution is 2.38. The van der Waals surface area contributed by atoms with Crippen molar-refractivity contribution in [1.29, 1.82) is 0 Å². The van der Waals surface area contributed by atoms with Gasteiger partial charge in [-0.1, -0.05) is 33.8 Å². The fourth-order valence-corrected chi connectivity index (χ4v) is 1.96. The molecular formula is C17H30O3. The van der Waals surface area contributed by atoms with Gasteiger partial charge in [-0.3, -0.25) is 0 Å². The van der Waals surface area contributed by atoms with Crippen LogP contribution in [-0.4, -0.2) is 18.2 Å². The van der Waals surface area contributed by atoms with Crippen molar-refractivity contribution in [3.63, 3.8) is 0 Å². The third-order valence-electron chi connectivity index (χ3n) is 2.72. The molecule has 0 aromatic rings. The highest BCUT2D eigenvalue weighted by molar-refractivity contribution is 5.91. The number of rotatable bonds is 3. The molecule has 0 spiro atoms. The molecule has 0 unspecified atom stereocenters. The van der Waals surface area contributed by atoms with Gasteiger partial charge in [0, 0.05) is 5.41 Å². The molecule has 1 aliphatic carbocycles. The summed E-state index contributed by atoms with van der Waals surface area (Å²) in [4.78, 5) is 12.3. The molecule has 20 heavy (non-hydrogen) atoms. The molecular weight excluding hydrogens is 252 g/mol. The van der Waals surface area contributed by atoms with Crippen LogP contribution in [0.25, 0.3) is 0 Å². The summed E-state index contributed by atoms with van der Waals surface area (Å²) >= 11 is 0. The van der Waals surface area contributed by atoms with Crippen molar-refractivity contribution in [1.82, 2.24) is 0 Å². The second kappa shape index (κ2) is 7.51. The molecule has 0 bridgehead atoms. The van der Waals surface area contributed by atoms with E-state index in [2.05, 4.69) is 0 Å². The quantitative estimate of drug-likeness (QED) is 0.708. The van der Waals surface area contributed by atoms with Gasteiger partial charge in [-0.2, -0.15) is 0 Å². The van der Waals surface area contributed by atoms with Gasteiger partial charge in [-0.15, -0.1) is 0 Å². The Hall–Kier alpha value is -1.25. The van der Waals surface area contributed by atoms with Gasteiger partial charge < -0.3 is 9.47 Å². The minimum atomic E-state index is -0.487. The van der Waals surface area contributed by atoms with E-state index in [0.717, 1.165) is 6.42 Å². The molecule has 0 aliphatic heterocycles. The molecule has 116 valence electrons. The molecule has 0 atom stereocenters. The SMILES string of the molecule is CC.CCOC1=C(C(=O)OC(C)(C)C)C(C)(C)CC=C1. The molecule has 0 saturated heterocycles. The molecule has 0 amide bonds. The van der Waals surface area contributed by atoms with Gasteiger partial charge in [-0.25, -0.2) is 4.79 Å². The Kier molecular flexibility index (Phi) is 7.04. The largest absolute Gasteiger partial charge is 0.493 e. The zero-order valence-electron chi connectivity index (χ0n) is 14.3. The van der Waals surface area contributed by atoms with Crippen molar-refractivity contribution >= 4 is 5.97 Å². The smallest absolute Gasteiger partial charge is 0.338 e. The minimum absolute atomic E-state index is 0.248. The van der Waals surface area contributed by atoms with Gasteiger partial charge in [0.15, 0.2) is 0 Å². The molecule has 0 aromatic carbocycles. The summed E-state index contributed by atoms with van der Waals surface area (Å²) in [5.41, 5.74) is -0.0953. The first kappa shape index (κ1) is 18.8. The maximum Gasteiger partial charge on any atom is 0.338 e. The van der Waals surface area contributed by atoms with Gasteiger partial charge in [0.25, 0.3) is 0 Å². The van der Waals surface area contributed by atoms with Crippen molar-refractivity contribution in [3.8, 4) is 0 Å². The van der Waals surface area contributed by atoms with Crippen molar-refractivity contribution < 1.29 is 14.3 Å². The molecule has 3 heteroatoms. The summed E-state index contributed by atoms with van der Waals surface area (Å²) in [7, 11) is 0. The average Bonchev–Trinajstić information content (AvgIpc) is 2.28. The maximum absolute atomic E-state index is 12.3. The highest BCUT2D eigenvalue weighted by atomic mass is 16.6. The number of ether oxygens (including phenoxy) is 2. The van der Waals surface area contributed by atoms with E-state index >= 15 is 0 Å². The van der Waals surface area contributed by atoms with E-state index in [-0.39, 0.29) is 11.4 Å². The average molecular weight is 282 g/mol. The van der Waals surface area contributed by atoms with Crippen LogP contribution in [-0.2, 0) is 14.3 Å². The number of hydrogen-bond donors (Lipinski definition) is 0. The lowest BCUT2D eigenvalue weighted by molar-refractivity contribution is -0.151. The monoisotopic (exact) mass is 282 g/mol. The maximum atomic E-state index is 12.3. The Morgan fingerprint density at radius 2 is 1.85 bits per heavy atom. The number of hydrogen-bond acceptors (Lipinski definition) is 3. The third-order valence-corrected chi connectivity index (χ3v) is 2.72. The van der Waals surface area contributed by atoms with E-state index in [9.17, 15) is 4.79 Å². The van der Waals surface area contributed by atoms with E-state index in [1.807, 2.05) is 67.5 Å². The van der Waals surface area contributed by atoms with Gasteiger partial charge in [0.2, 0.25) is 0 Å². The zero-order valence-corrected chi connectivity index (χ0v) is 14.3. The molecule has 0 radical (unpaired) electrons. The minimum Gasteiger partial charge on any atom is -0.493 e. The summed E-state index contributed by atoms with van der Waals surface area (Å²) in [5, 5.41) is 0. The lowest BCUT2D eigenvalue weighted by atomic mass is 9.77. The van der Waals surface area contributed by atoms with E-state index in [1.54, 1.807) is 0 Å². The van der Waals surface area contributed by atoms with Gasteiger partial charge >= 0.3 is 5.97 Å². The van der Waals surface area contributed by atoms with Gasteiger partial charge in [0.1, 0.15) is 11.4 Å². The van der Waals surface area contributed by atoms with Crippen molar-refractivity contribution in [2.75, 3.05) is 6.61 Å². The molecule has 0 heterocycles. The van der Waals surface area contributed by atoms with E-state index in [1.165, 1.54) is 0 Å². The van der Waals surface area contributed by atoms with Crippen molar-refractivity contribution in [3.05, 3.63) is 23.5 Å². The molecule has 0 aromatic heterocycles. The first-order valence-electron chi connectivity index (χ1n) is 7.45. The summed E-state index contributed by atoms with van der Waals surface area (Å²) in [5.74, 6) is 0.364. The Bertz CT molecular complexity index is 382. The van der Waals surface area contributed by atoms with Crippen molar-refractivity contribution in [2.24, 2.45) is 5.41 Å². The second-order valence-electron chi connectivity index (χ2n) is 6.16. The van der Waals surface area contributed by atoms with Crippen LogP contribution in [0.4, 0.5) is 0 Å². The van der Waals surface area contributed by atoms with Crippen molar-refractivity contribution in [2.45, 2.75) is 67.4 Å². The van der Waals surface area contributed by atoms with Crippen LogP contribution in [0.15, 0.2) is 23.5 Å². The normalized spacial score (nSPS) is 17.2. The number of esters is 1. The van der Waals surface area contributed by atoms with Crippen LogP contribution in [0.2, 0.25) is 0 Å². The third kappa shape index (κ3) is 5.40. The summed E-state index contributed by atoms with van der Waals surface area (Å²) in [6.07, 6.45) is 4.73. The van der Waals surface area contributed by atoms with E-state index < -0.39 is 5.60 Å². The van der Waals surface area contributed by atoms with Crippen LogP contribution in [0.1, 0.15) is 61.8 Å². The number of allylic oxidation sites excluding steroid dienone is 2. The molecule has 0 fully saturated rings. The summed E-state index contributed by atoms with van der Waals surface area (Å²) in [6.45, 7) is 16.1. The standard InChI is InChI=1S/C15H24O3.C2H6/c1-7-17-11-9-8-10-15(5,6)12(11)13(16)18-14(2,3)4;1-2/h8-9H,7,10H2,1-6H3;1-2H3. The molecule has 0 saturated carbocycles. The molecule has 1 aliphatic rings. The Labute approximate surface area is 124 Å². The predicted molar refractivity (Wildman–Crippen MR) is 83.4 cm³/mol. The van der Waals surface area contributed by atoms with E-state index in [0.29, 0.717) is 17.9 Å². The predicted octanol–water partition coefficient (Wildman–Crippen LogP) is 4.63. The Morgan fingerprint density at radius 1 is 1.30 bits per heavy atom. The number of carbonyl (C=O) groups is 1. The fraction of sp³-hybridized carbons (Fsp3) is 0.706. The first-order chi connectivity index (χ1) is 9.17. The van der Waals surface area contributed by atoms with Crippen LogP contribution in [0.5, 0.6) is 0 Å². The Morgan fingerprint density at radius 3 is 2.30 bits per heavy atom. The van der Waals surface area contributed by atoms with Crippen LogP contribution < -0.4 is 0 Å². The zero-order chi connectivity index (χ0) is 16.0. The molecule has 1 rings (SSSR count). The van der Waals surface area contributed by atoms with Gasteiger partial charge in [-0.05, 0) is 40.2 Å². The van der Waals surface area contributed by atoms with Gasteiger partial charge in [0.05, 0.1) is 12.2 Å². The second-order valence-corrected chi connectivity index (χ2v) is 6.16. The van der Waals surface area contributed by atoms with Crippen LogP contribution >= 0.6 is 0 Å². The van der Waals surface area contributed by atoms with E-state index in [4.69, 9.17) is 9.47 Å². The van der Waals surface area contributed by atoms with Crippen LogP contribution in [0.3, 0.4) is 0 Å². The fourth-order valence-electron chi connectivity index (χ4n) is 1.96. The summed E-state index contributed by atoms with van der Waals surface area (Å²) in [6, 6.07) is 0. The highest BCUT2D eigenvalue weighted by Gasteiger charge is 2.36. The summed E-state index contributed by atoms with van der Waals surface area (Å²) < 4.78 is 11.0. The lowest BCUT2D eigenvalue weighted by Crippen LogP contribution is -2.32. The first-order valence-corrected chi connectivity index (χ1v) is 7.45. The Balaban J connectivity index is 0.00000172. The molecule has 3 nitrogen and oxygen atoms in total. The number of carbonyl (C=O) groups excluding carboxylic acids is 1.